The van der Waals surface area contributed by atoms with E-state index >= 15 is 0 Å². The molecule has 2 aromatic rings. The van der Waals surface area contributed by atoms with Gasteiger partial charge in [0.15, 0.2) is 4.34 Å². The first-order valence-electron chi connectivity index (χ1n) is 5.27. The van der Waals surface area contributed by atoms with Crippen LogP contribution < -0.4 is 0 Å². The molecule has 1 aromatic carbocycles. The molecule has 0 amide bonds. The summed E-state index contributed by atoms with van der Waals surface area (Å²) in [5.41, 5.74) is 0.868. The van der Waals surface area contributed by atoms with Crippen molar-refractivity contribution >= 4 is 39.3 Å². The van der Waals surface area contributed by atoms with Crippen molar-refractivity contribution in [2.45, 2.75) is 15.8 Å². The number of carbonyl (C=O) groups is 1. The Morgan fingerprint density at radius 1 is 1.32 bits per heavy atom. The van der Waals surface area contributed by atoms with E-state index in [0.717, 1.165) is 22.0 Å². The van der Waals surface area contributed by atoms with Crippen LogP contribution in [0.15, 0.2) is 49.3 Å². The summed E-state index contributed by atoms with van der Waals surface area (Å²) in [5.74, 6) is -1.01. The van der Waals surface area contributed by atoms with Gasteiger partial charge in [0.1, 0.15) is 6.42 Å². The van der Waals surface area contributed by atoms with Crippen molar-refractivity contribution < 1.29 is 9.90 Å². The molecule has 1 N–H and O–H groups in total. The van der Waals surface area contributed by atoms with Crippen LogP contribution in [0.25, 0.3) is 10.2 Å². The largest absolute Gasteiger partial charge is 0.481 e. The first-order valence-corrected chi connectivity index (χ1v) is 6.91. The van der Waals surface area contributed by atoms with Gasteiger partial charge in [-0.3, -0.25) is 4.79 Å². The predicted octanol–water partition coefficient (Wildman–Crippen LogP) is 3.35. The Hall–Kier alpha value is -1.87. The first-order chi connectivity index (χ1) is 9.17. The molecule has 0 saturated carbocycles. The molecule has 3 rings (SSSR count). The topological polar surface area (TPSA) is 99.6 Å². The highest BCUT2D eigenvalue weighted by molar-refractivity contribution is 8.02. The molecule has 0 bridgehead atoms. The van der Waals surface area contributed by atoms with E-state index in [1.807, 2.05) is 24.3 Å². The number of carboxylic acid groups (broad SMARTS) is 1. The Labute approximate surface area is 115 Å². The van der Waals surface area contributed by atoms with E-state index in [-0.39, 0.29) is 6.42 Å². The summed E-state index contributed by atoms with van der Waals surface area (Å²) < 4.78 is 1.73. The van der Waals surface area contributed by atoms with Gasteiger partial charge in [-0.15, -0.1) is 21.6 Å². The van der Waals surface area contributed by atoms with Gasteiger partial charge in [0, 0.05) is 0 Å². The molecule has 0 spiro atoms. The third kappa shape index (κ3) is 2.47. The standard InChI is InChI=1S/C10H7N5O2S2/c16-8(17)5-10(12-14-15-13-10)19-9-11-6-3-1-2-4-7(6)18-9/h1-4H,5H2,(H,16,17). The van der Waals surface area contributed by atoms with Gasteiger partial charge in [0.25, 0.3) is 4.99 Å². The van der Waals surface area contributed by atoms with Gasteiger partial charge in [0.2, 0.25) is 0 Å². The Bertz CT molecular complexity index is 651. The van der Waals surface area contributed by atoms with Gasteiger partial charge in [0.05, 0.1) is 10.2 Å². The van der Waals surface area contributed by atoms with Crippen LogP contribution in [0, 0.1) is 0 Å². The van der Waals surface area contributed by atoms with Gasteiger partial charge in [-0.2, -0.15) is 0 Å². The second-order valence-corrected chi connectivity index (χ2v) is 6.28. The number of benzene rings is 1. The van der Waals surface area contributed by atoms with Crippen LogP contribution >= 0.6 is 23.1 Å². The molecular weight excluding hydrogens is 286 g/mol. The quantitative estimate of drug-likeness (QED) is 0.934. The number of fused-ring (bicyclic) bond motifs is 1. The number of aliphatic carboxylic acids is 1. The van der Waals surface area contributed by atoms with Crippen molar-refractivity contribution in [3.05, 3.63) is 24.3 Å². The molecule has 0 atom stereocenters. The maximum atomic E-state index is 10.9. The summed E-state index contributed by atoms with van der Waals surface area (Å²) in [5, 5.41) is 23.4. The molecule has 96 valence electrons. The van der Waals surface area contributed by atoms with Gasteiger partial charge in [-0.1, -0.05) is 12.1 Å². The van der Waals surface area contributed by atoms with Gasteiger partial charge >= 0.3 is 5.97 Å². The fourth-order valence-electron chi connectivity index (χ4n) is 1.58. The monoisotopic (exact) mass is 293 g/mol. The molecule has 0 unspecified atom stereocenters. The summed E-state index contributed by atoms with van der Waals surface area (Å²) in [6.07, 6.45) is -0.277. The predicted molar refractivity (Wildman–Crippen MR) is 70.2 cm³/mol. The summed E-state index contributed by atoms with van der Waals surface area (Å²) in [7, 11) is 0. The Morgan fingerprint density at radius 2 is 2.05 bits per heavy atom. The van der Waals surface area contributed by atoms with Crippen molar-refractivity contribution in [2.75, 3.05) is 0 Å². The summed E-state index contributed by atoms with van der Waals surface area (Å²) in [6, 6.07) is 7.69. The molecule has 1 aromatic heterocycles. The number of hydrogen-bond acceptors (Lipinski definition) is 8. The summed E-state index contributed by atoms with van der Waals surface area (Å²) in [4.78, 5) is 14.1. The second-order valence-electron chi connectivity index (χ2n) is 3.74. The van der Waals surface area contributed by atoms with E-state index < -0.39 is 11.0 Å². The van der Waals surface area contributed by atoms with Gasteiger partial charge < -0.3 is 5.11 Å². The molecule has 2 heterocycles. The number of rotatable bonds is 4. The molecule has 0 aliphatic carbocycles. The fraction of sp³-hybridized carbons (Fsp3) is 0.200. The lowest BCUT2D eigenvalue weighted by Crippen LogP contribution is -2.21. The minimum absolute atomic E-state index is 0.277. The van der Waals surface area contributed by atoms with Crippen molar-refractivity contribution in [2.24, 2.45) is 20.7 Å². The minimum Gasteiger partial charge on any atom is -0.481 e. The van der Waals surface area contributed by atoms with E-state index in [2.05, 4.69) is 25.7 Å². The number of thioether (sulfide) groups is 1. The Balaban J connectivity index is 1.92. The third-order valence-electron chi connectivity index (χ3n) is 2.35. The molecule has 0 radical (unpaired) electrons. The molecule has 9 heteroatoms. The highest BCUT2D eigenvalue weighted by atomic mass is 32.2. The fourth-order valence-corrected chi connectivity index (χ4v) is 3.89. The molecule has 1 aliphatic rings. The van der Waals surface area contributed by atoms with Crippen molar-refractivity contribution in [3.8, 4) is 0 Å². The molecular formula is C10H7N5O2S2. The zero-order valence-corrected chi connectivity index (χ0v) is 11.1. The van der Waals surface area contributed by atoms with Crippen LogP contribution in [0.3, 0.4) is 0 Å². The molecule has 0 fully saturated rings. The van der Waals surface area contributed by atoms with Gasteiger partial charge in [-0.25, -0.2) is 4.98 Å². The number of carboxylic acids is 1. The lowest BCUT2D eigenvalue weighted by molar-refractivity contribution is -0.137. The number of hydrogen-bond donors (Lipinski definition) is 1. The Kier molecular flexibility index (Phi) is 2.99. The molecule has 1 aliphatic heterocycles. The van der Waals surface area contributed by atoms with E-state index in [1.165, 1.54) is 11.3 Å². The second kappa shape index (κ2) is 4.67. The van der Waals surface area contributed by atoms with Crippen LogP contribution in [-0.4, -0.2) is 21.1 Å². The number of para-hydroxylation sites is 1. The van der Waals surface area contributed by atoms with E-state index in [9.17, 15) is 4.79 Å². The maximum Gasteiger partial charge on any atom is 0.308 e. The SMILES string of the molecule is O=C(O)CC1(Sc2nc3ccccc3s2)N=NN=N1. The average Bonchev–Trinajstić information content (AvgIpc) is 2.94. The lowest BCUT2D eigenvalue weighted by atomic mass is 10.3. The zero-order chi connectivity index (χ0) is 13.3. The number of aromatic nitrogens is 1. The van der Waals surface area contributed by atoms with Crippen molar-refractivity contribution in [1.29, 1.82) is 0 Å². The average molecular weight is 293 g/mol. The smallest absolute Gasteiger partial charge is 0.308 e. The number of nitrogens with zero attached hydrogens (tertiary/aromatic N) is 5. The van der Waals surface area contributed by atoms with E-state index in [0.29, 0.717) is 4.34 Å². The van der Waals surface area contributed by atoms with E-state index in [4.69, 9.17) is 5.11 Å². The van der Waals surface area contributed by atoms with E-state index in [1.54, 1.807) is 0 Å². The zero-order valence-electron chi connectivity index (χ0n) is 9.42. The Morgan fingerprint density at radius 3 is 2.74 bits per heavy atom. The molecule has 7 nitrogen and oxygen atoms in total. The first kappa shape index (κ1) is 12.2. The molecule has 19 heavy (non-hydrogen) atoms. The highest BCUT2D eigenvalue weighted by Crippen LogP contribution is 2.43. The van der Waals surface area contributed by atoms with Crippen LogP contribution in [0.1, 0.15) is 6.42 Å². The van der Waals surface area contributed by atoms with Crippen molar-refractivity contribution in [1.82, 2.24) is 4.98 Å². The van der Waals surface area contributed by atoms with Crippen molar-refractivity contribution in [3.63, 3.8) is 0 Å². The van der Waals surface area contributed by atoms with Gasteiger partial charge in [-0.05, 0) is 34.3 Å². The highest BCUT2D eigenvalue weighted by Gasteiger charge is 2.38. The molecule has 0 saturated heterocycles. The third-order valence-corrected chi connectivity index (χ3v) is 4.58. The maximum absolute atomic E-state index is 10.9. The summed E-state index contributed by atoms with van der Waals surface area (Å²) in [6.45, 7) is 0. The normalized spacial score (nSPS) is 16.2. The number of thiazole rings is 1. The van der Waals surface area contributed by atoms with Crippen LogP contribution in [0.4, 0.5) is 0 Å². The van der Waals surface area contributed by atoms with Crippen LogP contribution in [-0.2, 0) is 4.79 Å². The minimum atomic E-state index is -1.22. The lowest BCUT2D eigenvalue weighted by Gasteiger charge is -2.14. The van der Waals surface area contributed by atoms with Crippen LogP contribution in [0.2, 0.25) is 0 Å². The summed E-state index contributed by atoms with van der Waals surface area (Å²) >= 11 is 2.62. The van der Waals surface area contributed by atoms with Crippen LogP contribution in [0.5, 0.6) is 0 Å².